The van der Waals surface area contributed by atoms with Crippen LogP contribution in [-0.2, 0) is 0 Å². The van der Waals surface area contributed by atoms with Gasteiger partial charge in [-0.05, 0) is 12.1 Å². The summed E-state index contributed by atoms with van der Waals surface area (Å²) in [4.78, 5) is 10.8. The van der Waals surface area contributed by atoms with Crippen LogP contribution in [0.15, 0.2) is 17.0 Å². The minimum Gasteiger partial charge on any atom is -0.505 e. The monoisotopic (exact) mass is 185 g/mol. The van der Waals surface area contributed by atoms with Gasteiger partial charge in [-0.15, -0.1) is 12.6 Å². The van der Waals surface area contributed by atoms with Gasteiger partial charge in [-0.3, -0.25) is 0 Å². The van der Waals surface area contributed by atoms with Gasteiger partial charge in [0.05, 0.1) is 5.69 Å². The van der Waals surface area contributed by atoms with Crippen molar-refractivity contribution in [3.8, 4) is 5.75 Å². The summed E-state index contributed by atoms with van der Waals surface area (Å²) < 4.78 is 0. The molecule has 4 N–H and O–H groups in total. The average Bonchev–Trinajstić information content (AvgIpc) is 2.00. The molecule has 12 heavy (non-hydrogen) atoms. The Kier molecular flexibility index (Phi) is 2.14. The Labute approximate surface area is 74.0 Å². The molecule has 5 heteroatoms. The van der Waals surface area contributed by atoms with E-state index in [2.05, 4.69) is 12.6 Å². The fourth-order valence-corrected chi connectivity index (χ4v) is 0.950. The number of aromatic hydroxyl groups is 1. The Morgan fingerprint density at radius 1 is 1.50 bits per heavy atom. The van der Waals surface area contributed by atoms with Crippen LogP contribution < -0.4 is 5.73 Å². The van der Waals surface area contributed by atoms with Crippen LogP contribution in [0, 0.1) is 0 Å². The van der Waals surface area contributed by atoms with Crippen molar-refractivity contribution in [1.29, 1.82) is 0 Å². The normalized spacial score (nSPS) is 9.75. The standard InChI is InChI=1S/C7H7NO3S/c8-5-4(12)2-1-3(6(5)9)7(10)11/h1-2,9,12H,8H2,(H,10,11). The number of thiol groups is 1. The van der Waals surface area contributed by atoms with E-state index >= 15 is 0 Å². The second-order valence-electron chi connectivity index (χ2n) is 2.20. The van der Waals surface area contributed by atoms with E-state index in [1.165, 1.54) is 12.1 Å². The van der Waals surface area contributed by atoms with E-state index in [1.54, 1.807) is 0 Å². The van der Waals surface area contributed by atoms with Gasteiger partial charge in [0.1, 0.15) is 5.56 Å². The van der Waals surface area contributed by atoms with Crippen LogP contribution in [0.25, 0.3) is 0 Å². The van der Waals surface area contributed by atoms with E-state index in [0.29, 0.717) is 4.90 Å². The van der Waals surface area contributed by atoms with Gasteiger partial charge in [0.25, 0.3) is 0 Å². The molecule has 0 aliphatic rings. The number of hydrogen-bond acceptors (Lipinski definition) is 4. The van der Waals surface area contributed by atoms with Crippen LogP contribution in [0.5, 0.6) is 5.75 Å². The molecular formula is C7H7NO3S. The lowest BCUT2D eigenvalue weighted by molar-refractivity contribution is 0.0694. The predicted octanol–water partition coefficient (Wildman–Crippen LogP) is 0.961. The SMILES string of the molecule is Nc1c(S)ccc(C(=O)O)c1O. The molecule has 0 fully saturated rings. The van der Waals surface area contributed by atoms with E-state index < -0.39 is 11.7 Å². The molecular weight excluding hydrogens is 178 g/mol. The number of nitrogen functional groups attached to an aromatic ring is 1. The molecule has 0 atom stereocenters. The van der Waals surface area contributed by atoms with Gasteiger partial charge in [-0.25, -0.2) is 4.79 Å². The minimum atomic E-state index is -1.22. The molecule has 0 aliphatic carbocycles. The second-order valence-corrected chi connectivity index (χ2v) is 2.68. The lowest BCUT2D eigenvalue weighted by Crippen LogP contribution is -1.99. The van der Waals surface area contributed by atoms with Crippen molar-refractivity contribution < 1.29 is 15.0 Å². The van der Waals surface area contributed by atoms with Crippen LogP contribution in [0.3, 0.4) is 0 Å². The van der Waals surface area contributed by atoms with Crippen molar-refractivity contribution >= 4 is 24.3 Å². The van der Waals surface area contributed by atoms with Gasteiger partial charge in [-0.2, -0.15) is 0 Å². The van der Waals surface area contributed by atoms with Gasteiger partial charge >= 0.3 is 5.97 Å². The molecule has 0 radical (unpaired) electrons. The number of carboxylic acids is 1. The van der Waals surface area contributed by atoms with Gasteiger partial charge in [0.2, 0.25) is 0 Å². The Bertz CT molecular complexity index is 338. The molecule has 0 aromatic heterocycles. The lowest BCUT2D eigenvalue weighted by Gasteiger charge is -2.04. The zero-order chi connectivity index (χ0) is 9.30. The quantitative estimate of drug-likeness (QED) is 0.298. The molecule has 0 heterocycles. The maximum absolute atomic E-state index is 10.4. The van der Waals surface area contributed by atoms with Gasteiger partial charge < -0.3 is 15.9 Å². The lowest BCUT2D eigenvalue weighted by atomic mass is 10.2. The predicted molar refractivity (Wildman–Crippen MR) is 46.7 cm³/mol. The van der Waals surface area contributed by atoms with Crippen molar-refractivity contribution in [3.05, 3.63) is 17.7 Å². The van der Waals surface area contributed by atoms with Crippen LogP contribution in [0.1, 0.15) is 10.4 Å². The molecule has 1 aromatic rings. The minimum absolute atomic E-state index is 0.0155. The maximum Gasteiger partial charge on any atom is 0.339 e. The van der Waals surface area contributed by atoms with Crippen LogP contribution in [-0.4, -0.2) is 16.2 Å². The molecule has 0 unspecified atom stereocenters. The molecule has 0 spiro atoms. The molecule has 1 aromatic carbocycles. The summed E-state index contributed by atoms with van der Waals surface area (Å²) in [6.07, 6.45) is 0. The first-order valence-corrected chi connectivity index (χ1v) is 3.52. The number of benzene rings is 1. The number of rotatable bonds is 1. The smallest absolute Gasteiger partial charge is 0.339 e. The number of nitrogens with two attached hydrogens (primary N) is 1. The number of phenols is 1. The second kappa shape index (κ2) is 2.94. The van der Waals surface area contributed by atoms with Crippen molar-refractivity contribution in [2.75, 3.05) is 5.73 Å². The highest BCUT2D eigenvalue weighted by molar-refractivity contribution is 7.80. The molecule has 0 aliphatic heterocycles. The molecule has 4 nitrogen and oxygen atoms in total. The topological polar surface area (TPSA) is 83.6 Å². The molecule has 64 valence electrons. The zero-order valence-electron chi connectivity index (χ0n) is 5.98. The zero-order valence-corrected chi connectivity index (χ0v) is 6.88. The maximum atomic E-state index is 10.4. The molecule has 0 amide bonds. The van der Waals surface area contributed by atoms with Gasteiger partial charge in [-0.1, -0.05) is 0 Å². The fourth-order valence-electron chi connectivity index (χ4n) is 0.770. The third kappa shape index (κ3) is 1.31. The highest BCUT2D eigenvalue weighted by Crippen LogP contribution is 2.30. The van der Waals surface area contributed by atoms with Crippen molar-refractivity contribution in [2.24, 2.45) is 0 Å². The Morgan fingerprint density at radius 2 is 2.08 bits per heavy atom. The number of carbonyl (C=O) groups is 1. The van der Waals surface area contributed by atoms with Gasteiger partial charge in [0, 0.05) is 4.90 Å². The highest BCUT2D eigenvalue weighted by Gasteiger charge is 2.12. The Balaban J connectivity index is 3.36. The summed E-state index contributed by atoms with van der Waals surface area (Å²) in [5, 5.41) is 17.7. The summed E-state index contributed by atoms with van der Waals surface area (Å²) in [6, 6.07) is 2.66. The van der Waals surface area contributed by atoms with E-state index in [9.17, 15) is 9.90 Å². The number of aromatic carboxylic acids is 1. The summed E-state index contributed by atoms with van der Waals surface area (Å²) >= 11 is 3.91. The van der Waals surface area contributed by atoms with Crippen LogP contribution in [0.4, 0.5) is 5.69 Å². The number of hydrogen-bond donors (Lipinski definition) is 4. The van der Waals surface area contributed by atoms with Crippen LogP contribution in [0.2, 0.25) is 0 Å². The fraction of sp³-hybridized carbons (Fsp3) is 0. The largest absolute Gasteiger partial charge is 0.505 e. The highest BCUT2D eigenvalue weighted by atomic mass is 32.1. The van der Waals surface area contributed by atoms with Crippen molar-refractivity contribution in [3.63, 3.8) is 0 Å². The van der Waals surface area contributed by atoms with Crippen molar-refractivity contribution in [2.45, 2.75) is 4.90 Å². The summed E-state index contributed by atoms with van der Waals surface area (Å²) in [7, 11) is 0. The van der Waals surface area contributed by atoms with Crippen LogP contribution >= 0.6 is 12.6 Å². The third-order valence-electron chi connectivity index (χ3n) is 1.42. The first-order chi connectivity index (χ1) is 5.54. The number of carboxylic acid groups (broad SMARTS) is 1. The first-order valence-electron chi connectivity index (χ1n) is 3.07. The summed E-state index contributed by atoms with van der Waals surface area (Å²) in [6.45, 7) is 0. The third-order valence-corrected chi connectivity index (χ3v) is 1.81. The summed E-state index contributed by atoms with van der Waals surface area (Å²) in [5.41, 5.74) is 5.10. The Morgan fingerprint density at radius 3 is 2.58 bits per heavy atom. The van der Waals surface area contributed by atoms with E-state index in [4.69, 9.17) is 10.8 Å². The van der Waals surface area contributed by atoms with E-state index in [-0.39, 0.29) is 11.3 Å². The average molecular weight is 185 g/mol. The molecule has 0 saturated carbocycles. The van der Waals surface area contributed by atoms with E-state index in [0.717, 1.165) is 0 Å². The molecule has 0 bridgehead atoms. The first kappa shape index (κ1) is 8.73. The number of anilines is 1. The molecule has 0 saturated heterocycles. The van der Waals surface area contributed by atoms with Crippen molar-refractivity contribution in [1.82, 2.24) is 0 Å². The van der Waals surface area contributed by atoms with E-state index in [1.807, 2.05) is 0 Å². The molecule has 1 rings (SSSR count). The van der Waals surface area contributed by atoms with Gasteiger partial charge in [0.15, 0.2) is 5.75 Å². The summed E-state index contributed by atoms with van der Waals surface area (Å²) in [5.74, 6) is -1.65. The Hall–Kier alpha value is -1.36.